The van der Waals surface area contributed by atoms with Crippen molar-refractivity contribution in [3.05, 3.63) is 47.0 Å². The van der Waals surface area contributed by atoms with Gasteiger partial charge in [-0.15, -0.1) is 0 Å². The highest BCUT2D eigenvalue weighted by molar-refractivity contribution is 5.94. The summed E-state index contributed by atoms with van der Waals surface area (Å²) >= 11 is 0. The Hall–Kier alpha value is -1.61. The number of carbonyl (C=O) groups is 1. The van der Waals surface area contributed by atoms with Crippen LogP contribution in [0.2, 0.25) is 0 Å². The van der Waals surface area contributed by atoms with Crippen molar-refractivity contribution in [2.24, 2.45) is 5.92 Å². The summed E-state index contributed by atoms with van der Waals surface area (Å²) in [6.45, 7) is 6.42. The standard InChI is InChI=1S/C21H30N2O/c1-17-6-5-13-23(15-17)16-19-9-11-20(12-10-19)21(24)22-14-18-7-3-2-4-8-18/h7,9-12,17H,2-6,8,13-16H2,1H3,(H,22,24)/t17-/m1/s1. The third-order valence-electron chi connectivity index (χ3n) is 5.22. The van der Waals surface area contributed by atoms with Crippen LogP contribution in [0.1, 0.15) is 61.4 Å². The molecule has 0 aromatic heterocycles. The van der Waals surface area contributed by atoms with Gasteiger partial charge in [0.2, 0.25) is 0 Å². The fourth-order valence-corrected chi connectivity index (χ4v) is 3.81. The van der Waals surface area contributed by atoms with E-state index in [4.69, 9.17) is 0 Å². The average molecular weight is 326 g/mol. The van der Waals surface area contributed by atoms with Crippen LogP contribution in [0.3, 0.4) is 0 Å². The number of nitrogens with zero attached hydrogens (tertiary/aromatic N) is 1. The Balaban J connectivity index is 1.49. The van der Waals surface area contributed by atoms with E-state index in [1.54, 1.807) is 0 Å². The van der Waals surface area contributed by atoms with E-state index in [1.165, 1.54) is 49.9 Å². The van der Waals surface area contributed by atoms with Gasteiger partial charge < -0.3 is 5.32 Å². The maximum atomic E-state index is 12.3. The van der Waals surface area contributed by atoms with Gasteiger partial charge in [0.05, 0.1) is 0 Å². The summed E-state index contributed by atoms with van der Waals surface area (Å²) in [6.07, 6.45) is 9.78. The lowest BCUT2D eigenvalue weighted by Crippen LogP contribution is -2.33. The van der Waals surface area contributed by atoms with E-state index < -0.39 is 0 Å². The first kappa shape index (κ1) is 17.2. The summed E-state index contributed by atoms with van der Waals surface area (Å²) in [6, 6.07) is 8.14. The van der Waals surface area contributed by atoms with Gasteiger partial charge in [-0.1, -0.05) is 30.7 Å². The fourth-order valence-electron chi connectivity index (χ4n) is 3.81. The van der Waals surface area contributed by atoms with E-state index in [0.29, 0.717) is 6.54 Å². The molecule has 24 heavy (non-hydrogen) atoms. The van der Waals surface area contributed by atoms with Crippen LogP contribution in [0.15, 0.2) is 35.9 Å². The minimum atomic E-state index is 0.0413. The normalized spacial score (nSPS) is 22.0. The minimum Gasteiger partial charge on any atom is -0.348 e. The third kappa shape index (κ3) is 4.94. The summed E-state index contributed by atoms with van der Waals surface area (Å²) in [5.41, 5.74) is 3.45. The first-order valence-electron chi connectivity index (χ1n) is 9.48. The molecule has 0 radical (unpaired) electrons. The Morgan fingerprint density at radius 3 is 2.75 bits per heavy atom. The number of hydrogen-bond acceptors (Lipinski definition) is 2. The maximum absolute atomic E-state index is 12.3. The van der Waals surface area contributed by atoms with E-state index in [1.807, 2.05) is 12.1 Å². The molecule has 3 nitrogen and oxygen atoms in total. The Morgan fingerprint density at radius 1 is 1.21 bits per heavy atom. The lowest BCUT2D eigenvalue weighted by molar-refractivity contribution is 0.0956. The van der Waals surface area contributed by atoms with Gasteiger partial charge in [-0.2, -0.15) is 0 Å². The van der Waals surface area contributed by atoms with Crippen molar-refractivity contribution >= 4 is 5.91 Å². The lowest BCUT2D eigenvalue weighted by Gasteiger charge is -2.30. The average Bonchev–Trinajstić information content (AvgIpc) is 2.61. The number of benzene rings is 1. The molecule has 1 N–H and O–H groups in total. The number of allylic oxidation sites excluding steroid dienone is 1. The van der Waals surface area contributed by atoms with E-state index in [2.05, 4.69) is 35.3 Å². The second kappa shape index (κ2) is 8.48. The van der Waals surface area contributed by atoms with Gasteiger partial charge in [-0.3, -0.25) is 9.69 Å². The molecule has 1 fully saturated rings. The van der Waals surface area contributed by atoms with Crippen LogP contribution in [0.25, 0.3) is 0 Å². The van der Waals surface area contributed by atoms with E-state index in [0.717, 1.165) is 30.9 Å². The molecule has 1 saturated heterocycles. The first-order valence-corrected chi connectivity index (χ1v) is 9.48. The van der Waals surface area contributed by atoms with Gasteiger partial charge in [0.1, 0.15) is 0 Å². The van der Waals surface area contributed by atoms with Crippen LogP contribution in [-0.2, 0) is 6.54 Å². The molecule has 2 aliphatic rings. The highest BCUT2D eigenvalue weighted by atomic mass is 16.1. The van der Waals surface area contributed by atoms with E-state index in [9.17, 15) is 4.79 Å². The topological polar surface area (TPSA) is 32.3 Å². The van der Waals surface area contributed by atoms with E-state index >= 15 is 0 Å². The summed E-state index contributed by atoms with van der Waals surface area (Å²) in [4.78, 5) is 14.8. The highest BCUT2D eigenvalue weighted by Crippen LogP contribution is 2.18. The Morgan fingerprint density at radius 2 is 2.04 bits per heavy atom. The molecule has 1 aromatic carbocycles. The van der Waals surface area contributed by atoms with Gasteiger partial charge in [-0.25, -0.2) is 0 Å². The van der Waals surface area contributed by atoms with Gasteiger partial charge in [-0.05, 0) is 68.7 Å². The van der Waals surface area contributed by atoms with Crippen molar-refractivity contribution in [2.45, 2.75) is 52.0 Å². The number of hydrogen-bond donors (Lipinski definition) is 1. The van der Waals surface area contributed by atoms with Gasteiger partial charge in [0, 0.05) is 25.2 Å². The van der Waals surface area contributed by atoms with Gasteiger partial charge >= 0.3 is 0 Å². The Bertz CT molecular complexity index is 576. The lowest BCUT2D eigenvalue weighted by atomic mass is 9.99. The number of nitrogens with one attached hydrogen (secondary N) is 1. The predicted molar refractivity (Wildman–Crippen MR) is 99.0 cm³/mol. The molecular weight excluding hydrogens is 296 g/mol. The number of carbonyl (C=O) groups excluding carboxylic acids is 1. The zero-order chi connectivity index (χ0) is 16.8. The SMILES string of the molecule is C[C@@H]1CCCN(Cc2ccc(C(=O)NCC3=CCCCC3)cc2)C1. The van der Waals surface area contributed by atoms with Gasteiger partial charge in [0.15, 0.2) is 0 Å². The molecule has 1 aliphatic heterocycles. The highest BCUT2D eigenvalue weighted by Gasteiger charge is 2.16. The molecule has 1 atom stereocenters. The smallest absolute Gasteiger partial charge is 0.251 e. The molecule has 1 aliphatic carbocycles. The van der Waals surface area contributed by atoms with Crippen molar-refractivity contribution in [3.8, 4) is 0 Å². The molecule has 0 bridgehead atoms. The van der Waals surface area contributed by atoms with Crippen molar-refractivity contribution in [3.63, 3.8) is 0 Å². The largest absolute Gasteiger partial charge is 0.348 e. The molecule has 1 amide bonds. The molecular formula is C21H30N2O. The zero-order valence-corrected chi connectivity index (χ0v) is 14.9. The van der Waals surface area contributed by atoms with Crippen LogP contribution < -0.4 is 5.32 Å². The van der Waals surface area contributed by atoms with E-state index in [-0.39, 0.29) is 5.91 Å². The van der Waals surface area contributed by atoms with Crippen LogP contribution in [0, 0.1) is 5.92 Å². The molecule has 0 spiro atoms. The van der Waals surface area contributed by atoms with Crippen LogP contribution in [-0.4, -0.2) is 30.4 Å². The second-order valence-corrected chi connectivity index (χ2v) is 7.47. The second-order valence-electron chi connectivity index (χ2n) is 7.47. The predicted octanol–water partition coefficient (Wildman–Crippen LogP) is 4.15. The maximum Gasteiger partial charge on any atom is 0.251 e. The molecule has 130 valence electrons. The fraction of sp³-hybridized carbons (Fsp3) is 0.571. The zero-order valence-electron chi connectivity index (χ0n) is 14.9. The molecule has 0 saturated carbocycles. The van der Waals surface area contributed by atoms with Crippen molar-refractivity contribution in [1.82, 2.24) is 10.2 Å². The summed E-state index contributed by atoms with van der Waals surface area (Å²) < 4.78 is 0. The first-order chi connectivity index (χ1) is 11.7. The molecule has 1 heterocycles. The Labute approximate surface area is 146 Å². The van der Waals surface area contributed by atoms with Crippen LogP contribution in [0.5, 0.6) is 0 Å². The van der Waals surface area contributed by atoms with Crippen molar-refractivity contribution < 1.29 is 4.79 Å². The molecule has 1 aromatic rings. The minimum absolute atomic E-state index is 0.0413. The number of rotatable bonds is 5. The third-order valence-corrected chi connectivity index (χ3v) is 5.22. The van der Waals surface area contributed by atoms with Crippen LogP contribution >= 0.6 is 0 Å². The van der Waals surface area contributed by atoms with Crippen LogP contribution in [0.4, 0.5) is 0 Å². The number of piperidine rings is 1. The summed E-state index contributed by atoms with van der Waals surface area (Å²) in [7, 11) is 0. The molecule has 0 unspecified atom stereocenters. The van der Waals surface area contributed by atoms with Gasteiger partial charge in [0.25, 0.3) is 5.91 Å². The quantitative estimate of drug-likeness (QED) is 0.825. The monoisotopic (exact) mass is 326 g/mol. The summed E-state index contributed by atoms with van der Waals surface area (Å²) in [5, 5.41) is 3.06. The summed E-state index contributed by atoms with van der Waals surface area (Å²) in [5.74, 6) is 0.845. The number of amides is 1. The molecule has 3 heteroatoms. The Kier molecular flexibility index (Phi) is 6.08. The van der Waals surface area contributed by atoms with Crippen molar-refractivity contribution in [2.75, 3.05) is 19.6 Å². The molecule has 3 rings (SSSR count). The number of likely N-dealkylation sites (tertiary alicyclic amines) is 1. The van der Waals surface area contributed by atoms with Crippen molar-refractivity contribution in [1.29, 1.82) is 0 Å².